The number of carboxylic acids is 1. The number of pyridine rings is 2. The van der Waals surface area contributed by atoms with Gasteiger partial charge >= 0.3 is 12.1 Å². The molecule has 3 heterocycles. The molecule has 1 amide bonds. The second kappa shape index (κ2) is 14.9. The predicted octanol–water partition coefficient (Wildman–Crippen LogP) is 3.74. The summed E-state index contributed by atoms with van der Waals surface area (Å²) in [5.41, 5.74) is 0.194. The molecule has 0 fully saturated rings. The maximum absolute atomic E-state index is 13.4. The maximum Gasteiger partial charge on any atom is 0.418 e. The van der Waals surface area contributed by atoms with Crippen LogP contribution in [0.5, 0.6) is 0 Å². The Kier molecular flexibility index (Phi) is 11.6. The lowest BCUT2D eigenvalue weighted by atomic mass is 10.1. The van der Waals surface area contributed by atoms with E-state index in [4.69, 9.17) is 4.74 Å². The number of alkyl halides is 4. The molecule has 0 spiro atoms. The van der Waals surface area contributed by atoms with Crippen LogP contribution in [0.1, 0.15) is 52.9 Å². The molecule has 0 bridgehead atoms. The first-order valence-corrected chi connectivity index (χ1v) is 13.2. The number of halogens is 4. The highest BCUT2D eigenvalue weighted by atomic mass is 19.4. The fourth-order valence-electron chi connectivity index (χ4n) is 4.54. The van der Waals surface area contributed by atoms with Crippen LogP contribution in [0.25, 0.3) is 0 Å². The topological polar surface area (TPSA) is 117 Å². The summed E-state index contributed by atoms with van der Waals surface area (Å²) < 4.78 is 58.4. The molecular formula is C27H35F4N5O4. The van der Waals surface area contributed by atoms with Crippen LogP contribution >= 0.6 is 0 Å². The highest BCUT2D eigenvalue weighted by Gasteiger charge is 2.36. The number of carbonyl (C=O) groups is 2. The molecular weight excluding hydrogens is 534 g/mol. The van der Waals surface area contributed by atoms with Crippen molar-refractivity contribution in [1.82, 2.24) is 20.2 Å². The SMILES string of the molecule is COC(CF)CN(CCCCc1ccc2c(n1)NCCC2)CCC(NC(=O)c1ccncc1C(F)(F)F)C(=O)O. The van der Waals surface area contributed by atoms with Crippen LogP contribution < -0.4 is 10.6 Å². The van der Waals surface area contributed by atoms with E-state index in [0.29, 0.717) is 19.2 Å². The molecule has 2 unspecified atom stereocenters. The Labute approximate surface area is 230 Å². The fourth-order valence-corrected chi connectivity index (χ4v) is 4.54. The van der Waals surface area contributed by atoms with E-state index < -0.39 is 48.0 Å². The second-order valence-electron chi connectivity index (χ2n) is 9.68. The zero-order valence-corrected chi connectivity index (χ0v) is 22.3. The van der Waals surface area contributed by atoms with Crippen molar-refractivity contribution in [2.45, 2.75) is 56.8 Å². The van der Waals surface area contributed by atoms with Gasteiger partial charge in [0.25, 0.3) is 5.91 Å². The Morgan fingerprint density at radius 1 is 1.23 bits per heavy atom. The summed E-state index contributed by atoms with van der Waals surface area (Å²) in [6, 6.07) is 3.54. The minimum Gasteiger partial charge on any atom is -0.480 e. The number of rotatable bonds is 15. The molecule has 0 radical (unpaired) electrons. The van der Waals surface area contributed by atoms with Crippen molar-refractivity contribution in [3.8, 4) is 0 Å². The molecule has 2 aromatic heterocycles. The van der Waals surface area contributed by atoms with Crippen LogP contribution in [0.3, 0.4) is 0 Å². The smallest absolute Gasteiger partial charge is 0.418 e. The zero-order valence-electron chi connectivity index (χ0n) is 22.3. The molecule has 0 saturated heterocycles. The molecule has 0 aliphatic carbocycles. The Bertz CT molecular complexity index is 1130. The van der Waals surface area contributed by atoms with Crippen LogP contribution in [0.2, 0.25) is 0 Å². The number of carboxylic acid groups (broad SMARTS) is 1. The van der Waals surface area contributed by atoms with E-state index >= 15 is 0 Å². The highest BCUT2D eigenvalue weighted by Crippen LogP contribution is 2.31. The summed E-state index contributed by atoms with van der Waals surface area (Å²) in [6.07, 6.45) is 0.210. The van der Waals surface area contributed by atoms with Gasteiger partial charge in [-0.2, -0.15) is 13.2 Å². The third-order valence-electron chi connectivity index (χ3n) is 6.78. The Morgan fingerprint density at radius 2 is 2.02 bits per heavy atom. The van der Waals surface area contributed by atoms with Crippen molar-refractivity contribution in [3.63, 3.8) is 0 Å². The lowest BCUT2D eigenvalue weighted by Gasteiger charge is -2.27. The van der Waals surface area contributed by atoms with E-state index in [1.54, 1.807) is 0 Å². The largest absolute Gasteiger partial charge is 0.480 e. The van der Waals surface area contributed by atoms with Gasteiger partial charge in [0.15, 0.2) is 0 Å². The second-order valence-corrected chi connectivity index (χ2v) is 9.68. The molecule has 2 aromatic rings. The van der Waals surface area contributed by atoms with Gasteiger partial charge in [-0.05, 0) is 62.8 Å². The lowest BCUT2D eigenvalue weighted by Crippen LogP contribution is -2.45. The Hall–Kier alpha value is -3.32. The van der Waals surface area contributed by atoms with Gasteiger partial charge in [-0.1, -0.05) is 6.07 Å². The van der Waals surface area contributed by atoms with Crippen molar-refractivity contribution in [2.75, 3.05) is 45.3 Å². The maximum atomic E-state index is 13.4. The number of aromatic nitrogens is 2. The number of hydrogen-bond donors (Lipinski definition) is 3. The van der Waals surface area contributed by atoms with Gasteiger partial charge in [0, 0.05) is 44.8 Å². The van der Waals surface area contributed by atoms with Crippen molar-refractivity contribution >= 4 is 17.7 Å². The van der Waals surface area contributed by atoms with Gasteiger partial charge in [0.1, 0.15) is 18.5 Å². The molecule has 1 aliphatic rings. The summed E-state index contributed by atoms with van der Waals surface area (Å²) in [5, 5.41) is 15.1. The van der Waals surface area contributed by atoms with Gasteiger partial charge in [-0.15, -0.1) is 0 Å². The summed E-state index contributed by atoms with van der Waals surface area (Å²) in [4.78, 5) is 34.4. The number of nitrogens with zero attached hydrogens (tertiary/aromatic N) is 3. The standard InChI is InChI=1S/C27H35F4N5O4/c1-40-20(15-28)17-36(13-3-2-6-19-8-7-18-5-4-11-33-24(18)34-19)14-10-23(26(38)39)35-25(37)21-9-12-32-16-22(21)27(29,30)31/h7-9,12,16,20,23H,2-6,10-11,13-15,17H2,1H3,(H,33,34)(H,35,37)(H,38,39). The van der Waals surface area contributed by atoms with Gasteiger partial charge in [-0.3, -0.25) is 9.78 Å². The van der Waals surface area contributed by atoms with E-state index in [-0.39, 0.29) is 19.5 Å². The number of unbranched alkanes of at least 4 members (excludes halogenated alkanes) is 1. The number of ether oxygens (including phenoxy) is 1. The van der Waals surface area contributed by atoms with Gasteiger partial charge in [-0.25, -0.2) is 14.2 Å². The molecule has 3 N–H and O–H groups in total. The highest BCUT2D eigenvalue weighted by molar-refractivity contribution is 5.97. The molecule has 1 aliphatic heterocycles. The number of amides is 1. The number of aryl methyl sites for hydroxylation is 2. The molecule has 220 valence electrons. The average Bonchev–Trinajstić information content (AvgIpc) is 2.94. The Morgan fingerprint density at radius 3 is 2.73 bits per heavy atom. The molecule has 3 rings (SSSR count). The van der Waals surface area contributed by atoms with Crippen LogP contribution in [-0.2, 0) is 28.5 Å². The normalized spacial score (nSPS) is 14.8. The van der Waals surface area contributed by atoms with Gasteiger partial charge < -0.3 is 25.4 Å². The number of hydrogen-bond acceptors (Lipinski definition) is 7. The predicted molar refractivity (Wildman–Crippen MR) is 140 cm³/mol. The third kappa shape index (κ3) is 9.12. The fraction of sp³-hybridized carbons (Fsp3) is 0.556. The Balaban J connectivity index is 1.58. The molecule has 0 aromatic carbocycles. The first-order valence-electron chi connectivity index (χ1n) is 13.2. The van der Waals surface area contributed by atoms with Crippen LogP contribution in [0.15, 0.2) is 30.6 Å². The minimum absolute atomic E-state index is 0.103. The van der Waals surface area contributed by atoms with E-state index in [2.05, 4.69) is 26.7 Å². The average molecular weight is 570 g/mol. The number of aliphatic carboxylic acids is 1. The van der Waals surface area contributed by atoms with E-state index in [0.717, 1.165) is 56.0 Å². The molecule has 2 atom stereocenters. The van der Waals surface area contributed by atoms with Crippen LogP contribution in [0, 0.1) is 0 Å². The summed E-state index contributed by atoms with van der Waals surface area (Å²) >= 11 is 0. The first kappa shape index (κ1) is 31.2. The van der Waals surface area contributed by atoms with Crippen molar-refractivity contribution < 1.29 is 37.0 Å². The first-order chi connectivity index (χ1) is 19.1. The third-order valence-corrected chi connectivity index (χ3v) is 6.78. The number of methoxy groups -OCH3 is 1. The molecule has 13 heteroatoms. The number of fused-ring (bicyclic) bond motifs is 1. The molecule has 9 nitrogen and oxygen atoms in total. The van der Waals surface area contributed by atoms with Crippen LogP contribution in [-0.4, -0.2) is 84.0 Å². The van der Waals surface area contributed by atoms with E-state index in [1.807, 2.05) is 11.0 Å². The zero-order chi connectivity index (χ0) is 29.1. The van der Waals surface area contributed by atoms with Crippen molar-refractivity contribution in [2.24, 2.45) is 0 Å². The number of carbonyl (C=O) groups excluding carboxylic acids is 1. The van der Waals surface area contributed by atoms with E-state index in [1.165, 1.54) is 12.7 Å². The van der Waals surface area contributed by atoms with Gasteiger partial charge in [0.05, 0.1) is 17.2 Å². The molecule has 40 heavy (non-hydrogen) atoms. The van der Waals surface area contributed by atoms with Crippen LogP contribution in [0.4, 0.5) is 23.4 Å². The van der Waals surface area contributed by atoms with E-state index in [9.17, 15) is 32.3 Å². The monoisotopic (exact) mass is 569 g/mol. The number of nitrogens with one attached hydrogen (secondary N) is 2. The quantitative estimate of drug-likeness (QED) is 0.220. The molecule has 0 saturated carbocycles. The van der Waals surface area contributed by atoms with Crippen molar-refractivity contribution in [3.05, 3.63) is 53.0 Å². The summed E-state index contributed by atoms with van der Waals surface area (Å²) in [5.74, 6) is -1.64. The minimum atomic E-state index is -4.83. The summed E-state index contributed by atoms with van der Waals surface area (Å²) in [7, 11) is 1.38. The lowest BCUT2D eigenvalue weighted by molar-refractivity contribution is -0.139. The number of anilines is 1. The van der Waals surface area contributed by atoms with Gasteiger partial charge in [0.2, 0.25) is 0 Å². The van der Waals surface area contributed by atoms with Crippen molar-refractivity contribution in [1.29, 1.82) is 0 Å². The summed E-state index contributed by atoms with van der Waals surface area (Å²) in [6.45, 7) is 1.02.